The molecule has 0 spiro atoms. The van der Waals surface area contributed by atoms with Gasteiger partial charge in [-0.05, 0) is 48.7 Å². The van der Waals surface area contributed by atoms with Crippen LogP contribution in [0.3, 0.4) is 0 Å². The lowest BCUT2D eigenvalue weighted by atomic mass is 9.95. The van der Waals surface area contributed by atoms with Gasteiger partial charge < -0.3 is 10.6 Å². The summed E-state index contributed by atoms with van der Waals surface area (Å²) in [5, 5.41) is 7.38. The van der Waals surface area contributed by atoms with Crippen molar-refractivity contribution in [2.75, 3.05) is 5.32 Å². The van der Waals surface area contributed by atoms with Gasteiger partial charge in [-0.3, -0.25) is 4.79 Å². The van der Waals surface area contributed by atoms with Gasteiger partial charge in [-0.2, -0.15) is 0 Å². The van der Waals surface area contributed by atoms with Crippen molar-refractivity contribution >= 4 is 34.8 Å². The van der Waals surface area contributed by atoms with Crippen molar-refractivity contribution in [3.63, 3.8) is 0 Å². The van der Waals surface area contributed by atoms with Crippen LogP contribution in [0.15, 0.2) is 42.5 Å². The molecule has 25 heavy (non-hydrogen) atoms. The zero-order valence-electron chi connectivity index (χ0n) is 14.0. The second-order valence-electron chi connectivity index (χ2n) is 6.49. The van der Waals surface area contributed by atoms with Crippen LogP contribution in [0.4, 0.5) is 5.69 Å². The Morgan fingerprint density at radius 2 is 1.84 bits per heavy atom. The predicted molar refractivity (Wildman–Crippen MR) is 105 cm³/mol. The van der Waals surface area contributed by atoms with Crippen LogP contribution in [-0.4, -0.2) is 11.9 Å². The maximum Gasteiger partial charge on any atom is 0.257 e. The summed E-state index contributed by atoms with van der Waals surface area (Å²) < 4.78 is 0. The molecule has 5 heteroatoms. The standard InChI is InChI=1S/C20H22Cl2N2O/c21-15-9-10-18(19(22)12-15)20(25)24-17-8-4-5-14(11-17)13-23-16-6-2-1-3-7-16/h4-5,8-12,16,23H,1-3,6-7,13H2,(H,24,25). The largest absolute Gasteiger partial charge is 0.322 e. The Hall–Kier alpha value is -1.55. The summed E-state index contributed by atoms with van der Waals surface area (Å²) in [6.07, 6.45) is 6.50. The Labute approximate surface area is 158 Å². The minimum atomic E-state index is -0.237. The van der Waals surface area contributed by atoms with E-state index in [1.807, 2.05) is 18.2 Å². The normalized spacial score (nSPS) is 15.1. The van der Waals surface area contributed by atoms with Gasteiger partial charge in [0.25, 0.3) is 5.91 Å². The summed E-state index contributed by atoms with van der Waals surface area (Å²) in [5.41, 5.74) is 2.33. The van der Waals surface area contributed by atoms with E-state index in [-0.39, 0.29) is 5.91 Å². The van der Waals surface area contributed by atoms with Crippen LogP contribution in [0, 0.1) is 0 Å². The van der Waals surface area contributed by atoms with Gasteiger partial charge >= 0.3 is 0 Å². The van der Waals surface area contributed by atoms with Crippen molar-refractivity contribution in [2.45, 2.75) is 44.7 Å². The quantitative estimate of drug-likeness (QED) is 0.705. The number of carbonyl (C=O) groups is 1. The number of rotatable bonds is 5. The van der Waals surface area contributed by atoms with Gasteiger partial charge in [-0.1, -0.05) is 54.6 Å². The molecule has 1 aliphatic rings. The molecule has 0 atom stereocenters. The molecule has 3 nitrogen and oxygen atoms in total. The molecule has 1 amide bonds. The van der Waals surface area contributed by atoms with Crippen LogP contribution in [0.5, 0.6) is 0 Å². The first kappa shape index (κ1) is 18.2. The average Bonchev–Trinajstić information content (AvgIpc) is 2.61. The highest BCUT2D eigenvalue weighted by atomic mass is 35.5. The molecule has 0 aliphatic heterocycles. The smallest absolute Gasteiger partial charge is 0.257 e. The minimum Gasteiger partial charge on any atom is -0.322 e. The van der Waals surface area contributed by atoms with Gasteiger partial charge in [0.15, 0.2) is 0 Å². The highest BCUT2D eigenvalue weighted by Gasteiger charge is 2.13. The molecule has 1 aliphatic carbocycles. The van der Waals surface area contributed by atoms with Crippen LogP contribution in [0.25, 0.3) is 0 Å². The summed E-state index contributed by atoms with van der Waals surface area (Å²) in [7, 11) is 0. The number of hydrogen-bond acceptors (Lipinski definition) is 2. The maximum absolute atomic E-state index is 12.4. The van der Waals surface area contributed by atoms with Crippen LogP contribution in [-0.2, 0) is 6.54 Å². The molecular weight excluding hydrogens is 355 g/mol. The van der Waals surface area contributed by atoms with Crippen LogP contribution in [0.1, 0.15) is 48.0 Å². The number of amides is 1. The van der Waals surface area contributed by atoms with E-state index in [0.29, 0.717) is 21.7 Å². The monoisotopic (exact) mass is 376 g/mol. The molecule has 0 radical (unpaired) electrons. The SMILES string of the molecule is O=C(Nc1cccc(CNC2CCCCC2)c1)c1ccc(Cl)cc1Cl. The number of halogens is 2. The summed E-state index contributed by atoms with van der Waals surface area (Å²) in [4.78, 5) is 12.4. The highest BCUT2D eigenvalue weighted by molar-refractivity contribution is 6.37. The van der Waals surface area contributed by atoms with Crippen LogP contribution < -0.4 is 10.6 Å². The molecule has 2 aromatic carbocycles. The van der Waals surface area contributed by atoms with E-state index in [2.05, 4.69) is 16.7 Å². The summed E-state index contributed by atoms with van der Waals surface area (Å²) in [5.74, 6) is -0.237. The van der Waals surface area contributed by atoms with Gasteiger partial charge in [-0.25, -0.2) is 0 Å². The first-order valence-electron chi connectivity index (χ1n) is 8.70. The molecule has 0 saturated heterocycles. The Morgan fingerprint density at radius 3 is 2.60 bits per heavy atom. The van der Waals surface area contributed by atoms with Crippen molar-refractivity contribution in [2.24, 2.45) is 0 Å². The number of nitrogens with one attached hydrogen (secondary N) is 2. The molecular formula is C20H22Cl2N2O. The fraction of sp³-hybridized carbons (Fsp3) is 0.350. The maximum atomic E-state index is 12.4. The molecule has 0 aromatic heterocycles. The molecule has 3 rings (SSSR count). The Kier molecular flexibility index (Phi) is 6.35. The fourth-order valence-electron chi connectivity index (χ4n) is 3.20. The van der Waals surface area contributed by atoms with Crippen LogP contribution in [0.2, 0.25) is 10.0 Å². The Bertz CT molecular complexity index is 742. The summed E-state index contributed by atoms with van der Waals surface area (Å²) in [6, 6.07) is 13.4. The second kappa shape index (κ2) is 8.70. The zero-order valence-corrected chi connectivity index (χ0v) is 15.5. The van der Waals surface area contributed by atoms with E-state index < -0.39 is 0 Å². The minimum absolute atomic E-state index is 0.237. The van der Waals surface area contributed by atoms with Gasteiger partial charge in [0, 0.05) is 23.3 Å². The third-order valence-electron chi connectivity index (χ3n) is 4.56. The third kappa shape index (κ3) is 5.21. The Balaban J connectivity index is 1.61. The van der Waals surface area contributed by atoms with Crippen molar-refractivity contribution in [1.29, 1.82) is 0 Å². The van der Waals surface area contributed by atoms with Gasteiger partial charge in [-0.15, -0.1) is 0 Å². The first-order chi connectivity index (χ1) is 12.1. The lowest BCUT2D eigenvalue weighted by Gasteiger charge is -2.23. The van der Waals surface area contributed by atoms with Gasteiger partial charge in [0.1, 0.15) is 0 Å². The predicted octanol–water partition coefficient (Wildman–Crippen LogP) is 5.67. The zero-order chi connectivity index (χ0) is 17.6. The van der Waals surface area contributed by atoms with E-state index in [4.69, 9.17) is 23.2 Å². The number of benzene rings is 2. The van der Waals surface area contributed by atoms with E-state index in [1.165, 1.54) is 32.1 Å². The van der Waals surface area contributed by atoms with E-state index in [1.54, 1.807) is 18.2 Å². The molecule has 132 valence electrons. The molecule has 2 N–H and O–H groups in total. The molecule has 1 saturated carbocycles. The number of hydrogen-bond donors (Lipinski definition) is 2. The second-order valence-corrected chi connectivity index (χ2v) is 7.34. The van der Waals surface area contributed by atoms with E-state index in [9.17, 15) is 4.79 Å². The summed E-state index contributed by atoms with van der Waals surface area (Å²) in [6.45, 7) is 0.816. The Morgan fingerprint density at radius 1 is 1.04 bits per heavy atom. The molecule has 0 unspecified atom stereocenters. The van der Waals surface area contributed by atoms with Crippen molar-refractivity contribution in [3.8, 4) is 0 Å². The van der Waals surface area contributed by atoms with Crippen molar-refractivity contribution < 1.29 is 4.79 Å². The topological polar surface area (TPSA) is 41.1 Å². The van der Waals surface area contributed by atoms with Crippen molar-refractivity contribution in [1.82, 2.24) is 5.32 Å². The lowest BCUT2D eigenvalue weighted by Crippen LogP contribution is -2.30. The molecule has 1 fully saturated rings. The fourth-order valence-corrected chi connectivity index (χ4v) is 3.69. The average molecular weight is 377 g/mol. The highest BCUT2D eigenvalue weighted by Crippen LogP contribution is 2.22. The number of carbonyl (C=O) groups excluding carboxylic acids is 1. The molecule has 0 bridgehead atoms. The first-order valence-corrected chi connectivity index (χ1v) is 9.46. The number of anilines is 1. The van der Waals surface area contributed by atoms with E-state index in [0.717, 1.165) is 17.8 Å². The van der Waals surface area contributed by atoms with Crippen molar-refractivity contribution in [3.05, 3.63) is 63.6 Å². The van der Waals surface area contributed by atoms with E-state index >= 15 is 0 Å². The van der Waals surface area contributed by atoms with Gasteiger partial charge in [0.2, 0.25) is 0 Å². The molecule has 0 heterocycles. The molecule has 2 aromatic rings. The van der Waals surface area contributed by atoms with Gasteiger partial charge in [0.05, 0.1) is 10.6 Å². The third-order valence-corrected chi connectivity index (χ3v) is 5.11. The lowest BCUT2D eigenvalue weighted by molar-refractivity contribution is 0.102. The van der Waals surface area contributed by atoms with Crippen LogP contribution >= 0.6 is 23.2 Å². The summed E-state index contributed by atoms with van der Waals surface area (Å²) >= 11 is 12.0.